The summed E-state index contributed by atoms with van der Waals surface area (Å²) < 4.78 is 31.3. The summed E-state index contributed by atoms with van der Waals surface area (Å²) in [6.45, 7) is 6.04. The van der Waals surface area contributed by atoms with Gasteiger partial charge in [-0.25, -0.2) is 13.1 Å². The zero-order valence-corrected chi connectivity index (χ0v) is 16.4. The number of rotatable bonds is 5. The molecular weight excluding hydrogens is 370 g/mol. The van der Waals surface area contributed by atoms with E-state index in [4.69, 9.17) is 4.74 Å². The second kappa shape index (κ2) is 7.32. The Morgan fingerprint density at radius 2 is 1.93 bits per heavy atom. The molecule has 3 rings (SSSR count). The number of aromatic hydroxyl groups is 1. The molecule has 0 unspecified atom stereocenters. The molecule has 1 aliphatic heterocycles. The molecule has 146 valence electrons. The van der Waals surface area contributed by atoms with Crippen LogP contribution in [0, 0.1) is 6.92 Å². The van der Waals surface area contributed by atoms with E-state index in [-0.39, 0.29) is 22.1 Å². The Balaban J connectivity index is 2.14. The van der Waals surface area contributed by atoms with Crippen LogP contribution in [-0.2, 0) is 21.1 Å². The molecule has 1 fully saturated rings. The fourth-order valence-electron chi connectivity index (χ4n) is 3.32. The van der Waals surface area contributed by atoms with Gasteiger partial charge in [0.05, 0.1) is 30.0 Å². The summed E-state index contributed by atoms with van der Waals surface area (Å²) in [5.74, 6) is -0.582. The molecule has 0 saturated carbocycles. The number of anilines is 1. The number of aryl methyl sites for hydroxylation is 1. The average molecular weight is 393 g/mol. The largest absolute Gasteiger partial charge is 0.493 e. The predicted molar refractivity (Wildman–Crippen MR) is 100 cm³/mol. The number of aromatic nitrogens is 2. The quantitative estimate of drug-likeness (QED) is 0.766. The van der Waals surface area contributed by atoms with E-state index in [2.05, 4.69) is 5.10 Å². The highest BCUT2D eigenvalue weighted by molar-refractivity contribution is 7.90. The number of carbonyl (C=O) groups is 1. The standard InChI is InChI=1S/C18H23N3O5S/c1-4-21-18(23)14(11-19-21)17(22)13-5-6-15(27(3,24)25)16(12(13)2)20-7-9-26-10-8-20/h5-6,11,23H,4,7-10H2,1-3H3. The molecule has 0 bridgehead atoms. The summed E-state index contributed by atoms with van der Waals surface area (Å²) in [6.07, 6.45) is 2.49. The van der Waals surface area contributed by atoms with Gasteiger partial charge in [-0.1, -0.05) is 0 Å². The molecule has 8 nitrogen and oxygen atoms in total. The van der Waals surface area contributed by atoms with Crippen molar-refractivity contribution >= 4 is 21.3 Å². The van der Waals surface area contributed by atoms with Crippen LogP contribution >= 0.6 is 0 Å². The highest BCUT2D eigenvalue weighted by atomic mass is 32.2. The topological polar surface area (TPSA) is 102 Å². The number of nitrogens with zero attached hydrogens (tertiary/aromatic N) is 3. The summed E-state index contributed by atoms with van der Waals surface area (Å²) in [5, 5.41) is 14.2. The molecular formula is C18H23N3O5S. The molecule has 2 heterocycles. The van der Waals surface area contributed by atoms with E-state index in [1.807, 2.05) is 11.8 Å². The molecule has 27 heavy (non-hydrogen) atoms. The van der Waals surface area contributed by atoms with Gasteiger partial charge in [-0.05, 0) is 31.5 Å². The van der Waals surface area contributed by atoms with Crippen LogP contribution in [0.25, 0.3) is 0 Å². The van der Waals surface area contributed by atoms with E-state index >= 15 is 0 Å². The number of morpholine rings is 1. The van der Waals surface area contributed by atoms with Crippen molar-refractivity contribution in [1.82, 2.24) is 9.78 Å². The number of benzene rings is 1. The van der Waals surface area contributed by atoms with Gasteiger partial charge in [0.1, 0.15) is 5.56 Å². The smallest absolute Gasteiger partial charge is 0.220 e. The molecule has 1 aliphatic rings. The fraction of sp³-hybridized carbons (Fsp3) is 0.444. The van der Waals surface area contributed by atoms with Crippen LogP contribution in [0.5, 0.6) is 5.88 Å². The number of carbonyl (C=O) groups excluding carboxylic acids is 1. The van der Waals surface area contributed by atoms with E-state index in [9.17, 15) is 18.3 Å². The maximum Gasteiger partial charge on any atom is 0.220 e. The number of hydrogen-bond donors (Lipinski definition) is 1. The Morgan fingerprint density at radius 3 is 2.48 bits per heavy atom. The molecule has 1 saturated heterocycles. The second-order valence-electron chi connectivity index (χ2n) is 6.48. The van der Waals surface area contributed by atoms with Crippen molar-refractivity contribution in [2.75, 3.05) is 37.5 Å². The summed E-state index contributed by atoms with van der Waals surface area (Å²) >= 11 is 0. The van der Waals surface area contributed by atoms with E-state index < -0.39 is 9.84 Å². The summed E-state index contributed by atoms with van der Waals surface area (Å²) in [4.78, 5) is 15.1. The lowest BCUT2D eigenvalue weighted by Crippen LogP contribution is -2.37. The first-order valence-electron chi connectivity index (χ1n) is 8.71. The van der Waals surface area contributed by atoms with Crippen LogP contribution in [-0.4, -0.2) is 61.6 Å². The minimum atomic E-state index is -3.48. The lowest BCUT2D eigenvalue weighted by molar-refractivity contribution is 0.103. The summed E-state index contributed by atoms with van der Waals surface area (Å²) in [7, 11) is -3.48. The molecule has 2 aromatic rings. The van der Waals surface area contributed by atoms with Gasteiger partial charge >= 0.3 is 0 Å². The minimum Gasteiger partial charge on any atom is -0.493 e. The second-order valence-corrected chi connectivity index (χ2v) is 8.47. The van der Waals surface area contributed by atoms with E-state index in [0.29, 0.717) is 49.7 Å². The first-order valence-corrected chi connectivity index (χ1v) is 10.6. The van der Waals surface area contributed by atoms with Crippen LogP contribution in [0.15, 0.2) is 23.2 Å². The van der Waals surface area contributed by atoms with Gasteiger partial charge in [0.2, 0.25) is 5.88 Å². The van der Waals surface area contributed by atoms with E-state index in [1.54, 1.807) is 6.92 Å². The lowest BCUT2D eigenvalue weighted by atomic mass is 9.98. The Kier molecular flexibility index (Phi) is 5.25. The van der Waals surface area contributed by atoms with Gasteiger partial charge in [-0.3, -0.25) is 4.79 Å². The fourth-order valence-corrected chi connectivity index (χ4v) is 4.26. The van der Waals surface area contributed by atoms with Crippen molar-refractivity contribution in [3.8, 4) is 5.88 Å². The molecule has 0 amide bonds. The van der Waals surface area contributed by atoms with Gasteiger partial charge in [-0.15, -0.1) is 0 Å². The number of ketones is 1. The third-order valence-corrected chi connectivity index (χ3v) is 5.85. The first-order chi connectivity index (χ1) is 12.8. The molecule has 1 aromatic heterocycles. The third kappa shape index (κ3) is 3.57. The molecule has 9 heteroatoms. The van der Waals surface area contributed by atoms with Crippen LogP contribution in [0.2, 0.25) is 0 Å². The first kappa shape index (κ1) is 19.4. The van der Waals surface area contributed by atoms with Crippen LogP contribution in [0.3, 0.4) is 0 Å². The molecule has 0 radical (unpaired) electrons. The monoisotopic (exact) mass is 393 g/mol. The maximum atomic E-state index is 13.0. The van der Waals surface area contributed by atoms with Crippen LogP contribution in [0.1, 0.15) is 28.4 Å². The van der Waals surface area contributed by atoms with Crippen molar-refractivity contribution in [2.24, 2.45) is 0 Å². The van der Waals surface area contributed by atoms with Gasteiger partial charge in [-0.2, -0.15) is 5.10 Å². The highest BCUT2D eigenvalue weighted by Gasteiger charge is 2.27. The predicted octanol–water partition coefficient (Wildman–Crippen LogP) is 1.39. The van der Waals surface area contributed by atoms with Crippen molar-refractivity contribution in [2.45, 2.75) is 25.3 Å². The molecule has 0 spiro atoms. The Labute approximate surface area is 158 Å². The summed E-state index contributed by atoms with van der Waals surface area (Å²) in [5.41, 5.74) is 1.53. The molecule has 0 aliphatic carbocycles. The van der Waals surface area contributed by atoms with Crippen LogP contribution in [0.4, 0.5) is 5.69 Å². The summed E-state index contributed by atoms with van der Waals surface area (Å²) in [6, 6.07) is 2.96. The average Bonchev–Trinajstić information content (AvgIpc) is 3.01. The Bertz CT molecular complexity index is 975. The van der Waals surface area contributed by atoms with E-state index in [0.717, 1.165) is 6.26 Å². The lowest BCUT2D eigenvalue weighted by Gasteiger charge is -2.32. The number of sulfone groups is 1. The van der Waals surface area contributed by atoms with Gasteiger partial charge in [0.25, 0.3) is 0 Å². The third-order valence-electron chi connectivity index (χ3n) is 4.72. The number of ether oxygens (including phenoxy) is 1. The van der Waals surface area contributed by atoms with Crippen molar-refractivity contribution in [3.05, 3.63) is 35.0 Å². The molecule has 1 aromatic carbocycles. The zero-order valence-electron chi connectivity index (χ0n) is 15.6. The zero-order chi connectivity index (χ0) is 19.8. The van der Waals surface area contributed by atoms with Crippen molar-refractivity contribution in [3.63, 3.8) is 0 Å². The van der Waals surface area contributed by atoms with Gasteiger partial charge < -0.3 is 14.7 Å². The minimum absolute atomic E-state index is 0.0972. The van der Waals surface area contributed by atoms with Gasteiger partial charge in [0, 0.05) is 31.5 Å². The highest BCUT2D eigenvalue weighted by Crippen LogP contribution is 2.34. The molecule has 1 N–H and O–H groups in total. The van der Waals surface area contributed by atoms with Crippen molar-refractivity contribution < 1.29 is 23.1 Å². The normalized spacial score (nSPS) is 15.1. The van der Waals surface area contributed by atoms with Gasteiger partial charge in [0.15, 0.2) is 15.6 Å². The maximum absolute atomic E-state index is 13.0. The van der Waals surface area contributed by atoms with Crippen LogP contribution < -0.4 is 4.90 Å². The Morgan fingerprint density at radius 1 is 1.26 bits per heavy atom. The van der Waals surface area contributed by atoms with E-state index in [1.165, 1.54) is 23.0 Å². The SMILES string of the molecule is CCn1ncc(C(=O)c2ccc(S(C)(=O)=O)c(N3CCOCC3)c2C)c1O. The Hall–Kier alpha value is -2.39. The van der Waals surface area contributed by atoms with Crippen molar-refractivity contribution in [1.29, 1.82) is 0 Å². The number of hydrogen-bond acceptors (Lipinski definition) is 7. The molecule has 0 atom stereocenters.